The zero-order chi connectivity index (χ0) is 24.2. The number of esters is 1. The van der Waals surface area contributed by atoms with E-state index in [1.807, 2.05) is 0 Å². The highest BCUT2D eigenvalue weighted by atomic mass is 35.5. The molecule has 0 aliphatic carbocycles. The number of methoxy groups -OCH3 is 1. The SMILES string of the molecule is COC(=O)c1ccc(CS(=O)(=O)Nc2ccc(S(=O)(=O)Nc3cc(Cl)ccc3C)cc2)cc1. The average molecular weight is 509 g/mol. The lowest BCUT2D eigenvalue weighted by atomic mass is 10.1. The van der Waals surface area contributed by atoms with Crippen LogP contribution in [0.25, 0.3) is 0 Å². The van der Waals surface area contributed by atoms with Crippen LogP contribution in [0.4, 0.5) is 11.4 Å². The first kappa shape index (κ1) is 24.6. The second kappa shape index (κ2) is 9.82. The molecule has 11 heteroatoms. The number of carbonyl (C=O) groups is 1. The Morgan fingerprint density at radius 1 is 0.909 bits per heavy atom. The lowest BCUT2D eigenvalue weighted by Crippen LogP contribution is -2.16. The second-order valence-corrected chi connectivity index (χ2v) is 11.0. The average Bonchev–Trinajstić information content (AvgIpc) is 2.76. The molecule has 0 amide bonds. The fourth-order valence-electron chi connectivity index (χ4n) is 2.90. The first-order chi connectivity index (χ1) is 15.5. The van der Waals surface area contributed by atoms with Gasteiger partial charge >= 0.3 is 5.97 Å². The third-order valence-corrected chi connectivity index (χ3v) is 7.49. The van der Waals surface area contributed by atoms with Crippen LogP contribution in [0.15, 0.2) is 71.6 Å². The van der Waals surface area contributed by atoms with Crippen LogP contribution in [0, 0.1) is 6.92 Å². The Bertz CT molecular complexity index is 1370. The predicted octanol–water partition coefficient (Wildman–Crippen LogP) is 4.18. The Kier molecular flexibility index (Phi) is 7.31. The number of rotatable bonds is 8. The number of anilines is 2. The summed E-state index contributed by atoms with van der Waals surface area (Å²) in [5.74, 6) is -0.845. The number of nitrogens with one attached hydrogen (secondary N) is 2. The Morgan fingerprint density at radius 2 is 1.55 bits per heavy atom. The summed E-state index contributed by atoms with van der Waals surface area (Å²) in [6.45, 7) is 1.75. The van der Waals surface area contributed by atoms with Gasteiger partial charge in [0.2, 0.25) is 10.0 Å². The van der Waals surface area contributed by atoms with E-state index >= 15 is 0 Å². The van der Waals surface area contributed by atoms with Gasteiger partial charge in [0.15, 0.2) is 0 Å². The van der Waals surface area contributed by atoms with E-state index in [0.717, 1.165) is 0 Å². The third-order valence-electron chi connectivity index (χ3n) is 4.61. The molecule has 3 aromatic carbocycles. The van der Waals surface area contributed by atoms with Crippen molar-refractivity contribution in [3.8, 4) is 0 Å². The van der Waals surface area contributed by atoms with Crippen molar-refractivity contribution in [2.24, 2.45) is 0 Å². The Balaban J connectivity index is 1.70. The van der Waals surface area contributed by atoms with E-state index in [-0.39, 0.29) is 16.3 Å². The Labute approximate surface area is 197 Å². The van der Waals surface area contributed by atoms with Gasteiger partial charge < -0.3 is 4.74 Å². The molecule has 0 aromatic heterocycles. The quantitative estimate of drug-likeness (QED) is 0.441. The van der Waals surface area contributed by atoms with Gasteiger partial charge in [-0.15, -0.1) is 0 Å². The van der Waals surface area contributed by atoms with Gasteiger partial charge in [-0.3, -0.25) is 9.44 Å². The van der Waals surface area contributed by atoms with Crippen LogP contribution in [0.5, 0.6) is 0 Å². The maximum absolute atomic E-state index is 12.7. The van der Waals surface area contributed by atoms with Crippen molar-refractivity contribution in [3.63, 3.8) is 0 Å². The smallest absolute Gasteiger partial charge is 0.337 e. The summed E-state index contributed by atoms with van der Waals surface area (Å²) in [6, 6.07) is 16.2. The van der Waals surface area contributed by atoms with Crippen LogP contribution in [0.1, 0.15) is 21.5 Å². The largest absolute Gasteiger partial charge is 0.465 e. The van der Waals surface area contributed by atoms with Gasteiger partial charge in [-0.1, -0.05) is 29.8 Å². The highest BCUT2D eigenvalue weighted by Crippen LogP contribution is 2.24. The van der Waals surface area contributed by atoms with E-state index in [1.165, 1.54) is 61.7 Å². The lowest BCUT2D eigenvalue weighted by molar-refractivity contribution is 0.0600. The molecule has 0 aliphatic rings. The monoisotopic (exact) mass is 508 g/mol. The summed E-state index contributed by atoms with van der Waals surface area (Å²) in [7, 11) is -6.42. The van der Waals surface area contributed by atoms with E-state index in [4.69, 9.17) is 11.6 Å². The van der Waals surface area contributed by atoms with Crippen LogP contribution < -0.4 is 9.44 Å². The van der Waals surface area contributed by atoms with Gasteiger partial charge in [0.25, 0.3) is 10.0 Å². The van der Waals surface area contributed by atoms with E-state index in [2.05, 4.69) is 14.2 Å². The fourth-order valence-corrected chi connectivity index (χ4v) is 5.39. The first-order valence-electron chi connectivity index (χ1n) is 9.56. The first-order valence-corrected chi connectivity index (χ1v) is 13.1. The summed E-state index contributed by atoms with van der Waals surface area (Å²) in [5.41, 5.74) is 2.04. The Hall–Kier alpha value is -3.08. The van der Waals surface area contributed by atoms with Crippen molar-refractivity contribution in [3.05, 3.63) is 88.4 Å². The molecule has 3 aromatic rings. The number of halogens is 1. The number of hydrogen-bond donors (Lipinski definition) is 2. The summed E-state index contributed by atoms with van der Waals surface area (Å²) < 4.78 is 59.8. The van der Waals surface area contributed by atoms with Crippen LogP contribution in [0.3, 0.4) is 0 Å². The topological polar surface area (TPSA) is 119 Å². The van der Waals surface area contributed by atoms with Crippen LogP contribution in [0.2, 0.25) is 5.02 Å². The van der Waals surface area contributed by atoms with E-state index in [9.17, 15) is 21.6 Å². The van der Waals surface area contributed by atoms with Crippen molar-refractivity contribution < 1.29 is 26.4 Å². The Morgan fingerprint density at radius 3 is 2.15 bits per heavy atom. The van der Waals surface area contributed by atoms with Gasteiger partial charge in [-0.2, -0.15) is 0 Å². The molecule has 174 valence electrons. The molecule has 0 unspecified atom stereocenters. The van der Waals surface area contributed by atoms with Crippen LogP contribution in [-0.4, -0.2) is 29.9 Å². The summed E-state index contributed by atoms with van der Waals surface area (Å²) in [6.07, 6.45) is 0. The molecule has 0 atom stereocenters. The highest BCUT2D eigenvalue weighted by Gasteiger charge is 2.17. The summed E-state index contributed by atoms with van der Waals surface area (Å²) in [5, 5.41) is 0.392. The number of ether oxygens (including phenoxy) is 1. The standard InChI is InChI=1S/C22H21ClN2O6S2/c1-15-3-8-18(23)13-21(15)25-33(29,30)20-11-9-19(10-12-20)24-32(27,28)14-16-4-6-17(7-5-16)22(26)31-2/h3-13,24-25H,14H2,1-2H3. The minimum Gasteiger partial charge on any atom is -0.465 e. The molecule has 0 spiro atoms. The van der Waals surface area contributed by atoms with Crippen molar-refractivity contribution in [2.45, 2.75) is 17.6 Å². The molecule has 0 saturated carbocycles. The van der Waals surface area contributed by atoms with Crippen molar-refractivity contribution in [2.75, 3.05) is 16.6 Å². The molecule has 3 rings (SSSR count). The van der Waals surface area contributed by atoms with Crippen LogP contribution in [-0.2, 0) is 30.5 Å². The maximum Gasteiger partial charge on any atom is 0.337 e. The minimum absolute atomic E-state index is 0.0387. The van der Waals surface area contributed by atoms with E-state index in [1.54, 1.807) is 19.1 Å². The number of sulfonamides is 2. The number of carbonyl (C=O) groups excluding carboxylic acids is 1. The third kappa shape index (κ3) is 6.47. The highest BCUT2D eigenvalue weighted by molar-refractivity contribution is 7.92. The van der Waals surface area contributed by atoms with Gasteiger partial charge in [0, 0.05) is 10.7 Å². The predicted molar refractivity (Wildman–Crippen MR) is 127 cm³/mol. The molecule has 0 radical (unpaired) electrons. The maximum atomic E-state index is 12.7. The van der Waals surface area contributed by atoms with Crippen molar-refractivity contribution >= 4 is 49.0 Å². The zero-order valence-electron chi connectivity index (χ0n) is 17.7. The number of hydrogen-bond acceptors (Lipinski definition) is 6. The van der Waals surface area contributed by atoms with Crippen LogP contribution >= 0.6 is 11.6 Å². The van der Waals surface area contributed by atoms with Crippen molar-refractivity contribution in [1.29, 1.82) is 0 Å². The molecule has 0 fully saturated rings. The van der Waals surface area contributed by atoms with Crippen molar-refractivity contribution in [1.82, 2.24) is 0 Å². The lowest BCUT2D eigenvalue weighted by Gasteiger charge is -2.12. The molecule has 8 nitrogen and oxygen atoms in total. The molecule has 2 N–H and O–H groups in total. The normalized spacial score (nSPS) is 11.6. The molecule has 0 bridgehead atoms. The van der Waals surface area contributed by atoms with E-state index < -0.39 is 26.0 Å². The second-order valence-electron chi connectivity index (χ2n) is 7.14. The molecular formula is C22H21ClN2O6S2. The molecule has 0 saturated heterocycles. The molecule has 0 heterocycles. The fraction of sp³-hybridized carbons (Fsp3) is 0.136. The van der Waals surface area contributed by atoms with Gasteiger partial charge in [0.05, 0.1) is 29.0 Å². The summed E-state index contributed by atoms with van der Waals surface area (Å²) >= 11 is 5.94. The molecule has 0 aliphatic heterocycles. The zero-order valence-corrected chi connectivity index (χ0v) is 20.1. The molecule has 33 heavy (non-hydrogen) atoms. The minimum atomic E-state index is -3.90. The van der Waals surface area contributed by atoms with Gasteiger partial charge in [-0.05, 0) is 66.6 Å². The van der Waals surface area contributed by atoms with E-state index in [0.29, 0.717) is 27.4 Å². The number of aryl methyl sites for hydroxylation is 1. The summed E-state index contributed by atoms with van der Waals surface area (Å²) in [4.78, 5) is 11.4. The van der Waals surface area contributed by atoms with Gasteiger partial charge in [-0.25, -0.2) is 21.6 Å². The number of benzene rings is 3. The van der Waals surface area contributed by atoms with Gasteiger partial charge in [0.1, 0.15) is 0 Å². The molecular weight excluding hydrogens is 488 g/mol.